The highest BCUT2D eigenvalue weighted by Gasteiger charge is 2.24. The average molecular weight is 389 g/mol. The summed E-state index contributed by atoms with van der Waals surface area (Å²) in [5.41, 5.74) is 1.11. The molecular formula is C15H15BrClNO2S. The van der Waals surface area contributed by atoms with E-state index in [1.807, 2.05) is 36.4 Å². The van der Waals surface area contributed by atoms with E-state index in [1.165, 1.54) is 11.3 Å². The summed E-state index contributed by atoms with van der Waals surface area (Å²) >= 11 is 10.8. The van der Waals surface area contributed by atoms with Gasteiger partial charge in [-0.2, -0.15) is 0 Å². The highest BCUT2D eigenvalue weighted by molar-refractivity contribution is 9.10. The first-order valence-corrected chi connectivity index (χ1v) is 8.49. The molecule has 1 unspecified atom stereocenters. The van der Waals surface area contributed by atoms with Gasteiger partial charge in [0.1, 0.15) is 10.4 Å². The van der Waals surface area contributed by atoms with Crippen LogP contribution in [0.2, 0.25) is 4.34 Å². The lowest BCUT2D eigenvalue weighted by atomic mass is 10.2. The molecule has 2 rings (SSSR count). The van der Waals surface area contributed by atoms with Crippen molar-refractivity contribution in [1.82, 2.24) is 5.32 Å². The lowest BCUT2D eigenvalue weighted by Crippen LogP contribution is -2.29. The van der Waals surface area contributed by atoms with E-state index in [2.05, 4.69) is 21.2 Å². The second kappa shape index (κ2) is 7.94. The van der Waals surface area contributed by atoms with Gasteiger partial charge in [-0.15, -0.1) is 11.3 Å². The molecule has 6 heteroatoms. The van der Waals surface area contributed by atoms with E-state index in [1.54, 1.807) is 6.92 Å². The molecule has 0 aliphatic carbocycles. The predicted molar refractivity (Wildman–Crippen MR) is 89.7 cm³/mol. The van der Waals surface area contributed by atoms with Crippen molar-refractivity contribution >= 4 is 44.8 Å². The molecule has 0 saturated heterocycles. The molecule has 1 aromatic carbocycles. The van der Waals surface area contributed by atoms with Gasteiger partial charge in [0, 0.05) is 15.9 Å². The van der Waals surface area contributed by atoms with E-state index in [9.17, 15) is 4.79 Å². The second-order valence-electron chi connectivity index (χ2n) is 4.32. The lowest BCUT2D eigenvalue weighted by molar-refractivity contribution is -0.145. The summed E-state index contributed by atoms with van der Waals surface area (Å²) in [6, 6.07) is 11.2. The molecular weight excluding hydrogens is 374 g/mol. The molecule has 2 aromatic rings. The maximum Gasteiger partial charge on any atom is 0.328 e. The largest absolute Gasteiger partial charge is 0.465 e. The fraction of sp³-hybridized carbons (Fsp3) is 0.267. The molecule has 0 bridgehead atoms. The van der Waals surface area contributed by atoms with Crippen LogP contribution >= 0.6 is 38.9 Å². The predicted octanol–water partition coefficient (Wildman–Crippen LogP) is 4.56. The minimum atomic E-state index is -0.515. The van der Waals surface area contributed by atoms with Crippen molar-refractivity contribution in [2.45, 2.75) is 19.5 Å². The van der Waals surface area contributed by atoms with Gasteiger partial charge in [0.15, 0.2) is 0 Å². The summed E-state index contributed by atoms with van der Waals surface area (Å²) in [7, 11) is 0. The van der Waals surface area contributed by atoms with Crippen molar-refractivity contribution in [3.05, 3.63) is 55.6 Å². The summed E-state index contributed by atoms with van der Waals surface area (Å²) < 4.78 is 6.56. The normalized spacial score (nSPS) is 12.1. The first-order chi connectivity index (χ1) is 10.1. The third kappa shape index (κ3) is 4.54. The number of nitrogens with one attached hydrogen (secondary N) is 1. The van der Waals surface area contributed by atoms with E-state index in [-0.39, 0.29) is 5.97 Å². The van der Waals surface area contributed by atoms with Crippen LogP contribution in [-0.2, 0) is 16.1 Å². The quantitative estimate of drug-likeness (QED) is 0.737. The third-order valence-electron chi connectivity index (χ3n) is 2.82. The van der Waals surface area contributed by atoms with Gasteiger partial charge < -0.3 is 4.74 Å². The van der Waals surface area contributed by atoms with Crippen LogP contribution in [0.25, 0.3) is 0 Å². The zero-order valence-electron chi connectivity index (χ0n) is 11.4. The zero-order chi connectivity index (χ0) is 15.2. The van der Waals surface area contributed by atoms with Gasteiger partial charge in [-0.1, -0.05) is 41.9 Å². The molecule has 0 spiro atoms. The fourth-order valence-corrected chi connectivity index (χ4v) is 3.65. The highest BCUT2D eigenvalue weighted by Crippen LogP contribution is 2.35. The van der Waals surface area contributed by atoms with Gasteiger partial charge in [-0.05, 0) is 34.5 Å². The van der Waals surface area contributed by atoms with E-state index in [4.69, 9.17) is 16.3 Å². The monoisotopic (exact) mass is 387 g/mol. The SMILES string of the molecule is CCOC(=O)C(NCc1ccccc1)c1cc(Br)c(Cl)s1. The Hall–Kier alpha value is -0.880. The van der Waals surface area contributed by atoms with Crippen LogP contribution in [-0.4, -0.2) is 12.6 Å². The minimum absolute atomic E-state index is 0.293. The van der Waals surface area contributed by atoms with Crippen LogP contribution in [0.5, 0.6) is 0 Å². The Bertz CT molecular complexity index is 583. The molecule has 0 aliphatic heterocycles. The first-order valence-electron chi connectivity index (χ1n) is 6.50. The van der Waals surface area contributed by atoms with Crippen molar-refractivity contribution in [1.29, 1.82) is 0 Å². The molecule has 0 amide bonds. The van der Waals surface area contributed by atoms with Crippen LogP contribution in [0, 0.1) is 0 Å². The Morgan fingerprint density at radius 3 is 2.71 bits per heavy atom. The number of carbonyl (C=O) groups excluding carboxylic acids is 1. The van der Waals surface area contributed by atoms with Crippen LogP contribution in [0.1, 0.15) is 23.4 Å². The smallest absolute Gasteiger partial charge is 0.328 e. The Balaban J connectivity index is 2.14. The number of esters is 1. The number of thiophene rings is 1. The Morgan fingerprint density at radius 1 is 1.43 bits per heavy atom. The number of rotatable bonds is 6. The molecule has 0 aliphatic rings. The molecule has 0 radical (unpaired) electrons. The van der Waals surface area contributed by atoms with Gasteiger partial charge in [-0.25, -0.2) is 4.79 Å². The number of ether oxygens (including phenoxy) is 1. The van der Waals surface area contributed by atoms with Gasteiger partial charge in [-0.3, -0.25) is 5.32 Å². The number of carbonyl (C=O) groups is 1. The summed E-state index contributed by atoms with van der Waals surface area (Å²) in [6.45, 7) is 2.73. The first kappa shape index (κ1) is 16.5. The van der Waals surface area contributed by atoms with Crippen molar-refractivity contribution in [2.24, 2.45) is 0 Å². The third-order valence-corrected chi connectivity index (χ3v) is 5.36. The molecule has 1 N–H and O–H groups in total. The maximum absolute atomic E-state index is 12.1. The maximum atomic E-state index is 12.1. The molecule has 3 nitrogen and oxygen atoms in total. The summed E-state index contributed by atoms with van der Waals surface area (Å²) in [5, 5.41) is 3.23. The summed E-state index contributed by atoms with van der Waals surface area (Å²) in [4.78, 5) is 13.0. The van der Waals surface area contributed by atoms with Gasteiger partial charge in [0.05, 0.1) is 6.61 Å². The van der Waals surface area contributed by atoms with Crippen LogP contribution in [0.15, 0.2) is 40.9 Å². The van der Waals surface area contributed by atoms with Crippen LogP contribution < -0.4 is 5.32 Å². The highest BCUT2D eigenvalue weighted by atomic mass is 79.9. The molecule has 1 aromatic heterocycles. The van der Waals surface area contributed by atoms with E-state index < -0.39 is 6.04 Å². The topological polar surface area (TPSA) is 38.3 Å². The zero-order valence-corrected chi connectivity index (χ0v) is 14.6. The number of hydrogen-bond acceptors (Lipinski definition) is 4. The van der Waals surface area contributed by atoms with Gasteiger partial charge in [0.25, 0.3) is 0 Å². The molecule has 1 heterocycles. The van der Waals surface area contributed by atoms with E-state index >= 15 is 0 Å². The lowest BCUT2D eigenvalue weighted by Gasteiger charge is -2.16. The molecule has 21 heavy (non-hydrogen) atoms. The standard InChI is InChI=1S/C15H15BrClNO2S/c1-2-20-15(19)13(12-8-11(16)14(17)21-12)18-9-10-6-4-3-5-7-10/h3-8,13,18H,2,9H2,1H3. The second-order valence-corrected chi connectivity index (χ2v) is 6.86. The van der Waals surface area contributed by atoms with E-state index in [0.717, 1.165) is 14.9 Å². The Morgan fingerprint density at radius 2 is 2.14 bits per heavy atom. The van der Waals surface area contributed by atoms with E-state index in [0.29, 0.717) is 17.5 Å². The van der Waals surface area contributed by atoms with Crippen molar-refractivity contribution in [3.8, 4) is 0 Å². The summed E-state index contributed by atoms with van der Waals surface area (Å²) in [5.74, 6) is -0.293. The van der Waals surface area contributed by atoms with Crippen LogP contribution in [0.4, 0.5) is 0 Å². The number of benzene rings is 1. The average Bonchev–Trinajstić information content (AvgIpc) is 2.80. The number of hydrogen-bond donors (Lipinski definition) is 1. The molecule has 0 fully saturated rings. The van der Waals surface area contributed by atoms with Crippen molar-refractivity contribution in [2.75, 3.05) is 6.61 Å². The Labute approximate surface area is 141 Å². The molecule has 0 saturated carbocycles. The van der Waals surface area contributed by atoms with Crippen molar-refractivity contribution < 1.29 is 9.53 Å². The van der Waals surface area contributed by atoms with Crippen LogP contribution in [0.3, 0.4) is 0 Å². The molecule has 112 valence electrons. The van der Waals surface area contributed by atoms with Gasteiger partial charge in [0.2, 0.25) is 0 Å². The Kier molecular flexibility index (Phi) is 6.23. The molecule has 1 atom stereocenters. The number of halogens is 2. The van der Waals surface area contributed by atoms with Crippen molar-refractivity contribution in [3.63, 3.8) is 0 Å². The minimum Gasteiger partial charge on any atom is -0.465 e. The van der Waals surface area contributed by atoms with Gasteiger partial charge >= 0.3 is 5.97 Å². The fourth-order valence-electron chi connectivity index (χ4n) is 1.85. The summed E-state index contributed by atoms with van der Waals surface area (Å²) in [6.07, 6.45) is 0.